The van der Waals surface area contributed by atoms with Crippen LogP contribution >= 0.6 is 11.8 Å². The lowest BCUT2D eigenvalue weighted by molar-refractivity contribution is 0.567. The monoisotopic (exact) mass is 334 g/mol. The van der Waals surface area contributed by atoms with Gasteiger partial charge in [-0.05, 0) is 51.8 Å². The summed E-state index contributed by atoms with van der Waals surface area (Å²) in [4.78, 5) is 0.101. The first-order valence-electron chi connectivity index (χ1n) is 6.61. The quantitative estimate of drug-likeness (QED) is 0.803. The molecule has 0 aliphatic rings. The SMILES string of the molecule is CNCc1cc(S(=O)(=O)NCC(C)(C)SC)cc(C)c1F. The third kappa shape index (κ3) is 4.95. The molecule has 120 valence electrons. The molecule has 0 atom stereocenters. The molecule has 0 aliphatic heterocycles. The lowest BCUT2D eigenvalue weighted by Crippen LogP contribution is -2.36. The van der Waals surface area contributed by atoms with Gasteiger partial charge in [0, 0.05) is 23.4 Å². The van der Waals surface area contributed by atoms with Gasteiger partial charge in [-0.3, -0.25) is 0 Å². The second-order valence-corrected chi connectivity index (χ2v) is 8.81. The summed E-state index contributed by atoms with van der Waals surface area (Å²) in [7, 11) is -1.95. The van der Waals surface area contributed by atoms with Crippen LogP contribution in [0.1, 0.15) is 25.0 Å². The van der Waals surface area contributed by atoms with Crippen LogP contribution in [0.4, 0.5) is 4.39 Å². The molecule has 0 spiro atoms. The van der Waals surface area contributed by atoms with E-state index in [-0.39, 0.29) is 22.0 Å². The normalized spacial score (nSPS) is 12.7. The van der Waals surface area contributed by atoms with E-state index in [1.807, 2.05) is 20.1 Å². The van der Waals surface area contributed by atoms with Crippen LogP contribution < -0.4 is 10.0 Å². The van der Waals surface area contributed by atoms with Gasteiger partial charge in [-0.2, -0.15) is 11.8 Å². The predicted octanol–water partition coefficient (Wildman–Crippen LogP) is 2.27. The van der Waals surface area contributed by atoms with Crippen LogP contribution in [0, 0.1) is 12.7 Å². The lowest BCUT2D eigenvalue weighted by Gasteiger charge is -2.22. The Hall–Kier alpha value is -0.630. The van der Waals surface area contributed by atoms with Crippen LogP contribution in [0.15, 0.2) is 17.0 Å². The molecular formula is C14H23FN2O2S2. The molecule has 1 rings (SSSR count). The van der Waals surface area contributed by atoms with Gasteiger partial charge in [0.25, 0.3) is 0 Å². The summed E-state index contributed by atoms with van der Waals surface area (Å²) in [5, 5.41) is 2.84. The molecule has 0 bridgehead atoms. The topological polar surface area (TPSA) is 58.2 Å². The second kappa shape index (κ2) is 7.09. The summed E-state index contributed by atoms with van der Waals surface area (Å²) in [5.41, 5.74) is 0.675. The largest absolute Gasteiger partial charge is 0.316 e. The molecule has 0 heterocycles. The number of hydrogen-bond acceptors (Lipinski definition) is 4. The zero-order valence-electron chi connectivity index (χ0n) is 13.1. The van der Waals surface area contributed by atoms with Gasteiger partial charge in [0.2, 0.25) is 10.0 Å². The highest BCUT2D eigenvalue weighted by Crippen LogP contribution is 2.22. The van der Waals surface area contributed by atoms with Crippen molar-refractivity contribution in [2.75, 3.05) is 19.8 Å². The maximum atomic E-state index is 13.9. The minimum atomic E-state index is -3.64. The molecule has 0 saturated heterocycles. The molecule has 1 aromatic rings. The van der Waals surface area contributed by atoms with Crippen molar-refractivity contribution in [3.8, 4) is 0 Å². The lowest BCUT2D eigenvalue weighted by atomic mass is 10.1. The number of sulfonamides is 1. The number of rotatable bonds is 7. The van der Waals surface area contributed by atoms with Gasteiger partial charge in [-0.15, -0.1) is 0 Å². The van der Waals surface area contributed by atoms with E-state index in [0.29, 0.717) is 17.7 Å². The van der Waals surface area contributed by atoms with Crippen LogP contribution in [-0.2, 0) is 16.6 Å². The Balaban J connectivity index is 3.09. The second-order valence-electron chi connectivity index (χ2n) is 5.53. The maximum Gasteiger partial charge on any atom is 0.240 e. The molecule has 2 N–H and O–H groups in total. The number of benzene rings is 1. The summed E-state index contributed by atoms with van der Waals surface area (Å²) in [6.07, 6.45) is 1.93. The highest BCUT2D eigenvalue weighted by Gasteiger charge is 2.22. The number of aryl methyl sites for hydroxylation is 1. The summed E-state index contributed by atoms with van der Waals surface area (Å²) in [5.74, 6) is -0.368. The fourth-order valence-electron chi connectivity index (χ4n) is 1.71. The Bertz CT molecular complexity index is 601. The van der Waals surface area contributed by atoms with E-state index in [9.17, 15) is 12.8 Å². The van der Waals surface area contributed by atoms with Crippen molar-refractivity contribution in [2.24, 2.45) is 0 Å². The molecule has 1 aromatic carbocycles. The minimum Gasteiger partial charge on any atom is -0.316 e. The Labute approximate surface area is 131 Å². The van der Waals surface area contributed by atoms with E-state index in [0.717, 1.165) is 0 Å². The van der Waals surface area contributed by atoms with Gasteiger partial charge in [0.15, 0.2) is 0 Å². The third-order valence-electron chi connectivity index (χ3n) is 3.22. The predicted molar refractivity (Wildman–Crippen MR) is 86.7 cm³/mol. The van der Waals surface area contributed by atoms with E-state index >= 15 is 0 Å². The molecule has 0 aliphatic carbocycles. The van der Waals surface area contributed by atoms with E-state index in [1.165, 1.54) is 12.1 Å². The van der Waals surface area contributed by atoms with Crippen molar-refractivity contribution >= 4 is 21.8 Å². The van der Waals surface area contributed by atoms with Crippen LogP contribution in [0.2, 0.25) is 0 Å². The molecule has 0 unspecified atom stereocenters. The average Bonchev–Trinajstić information content (AvgIpc) is 2.42. The number of halogens is 1. The Morgan fingerprint density at radius 1 is 1.33 bits per heavy atom. The fourth-order valence-corrected chi connectivity index (χ4v) is 3.36. The van der Waals surface area contributed by atoms with E-state index in [2.05, 4.69) is 10.0 Å². The van der Waals surface area contributed by atoms with Crippen molar-refractivity contribution in [1.29, 1.82) is 0 Å². The Kier molecular flexibility index (Phi) is 6.22. The third-order valence-corrected chi connectivity index (χ3v) is 5.85. The molecule has 0 aromatic heterocycles. The maximum absolute atomic E-state index is 13.9. The minimum absolute atomic E-state index is 0.101. The first-order valence-corrected chi connectivity index (χ1v) is 9.32. The first kappa shape index (κ1) is 18.4. The van der Waals surface area contributed by atoms with Crippen molar-refractivity contribution < 1.29 is 12.8 Å². The summed E-state index contributed by atoms with van der Waals surface area (Å²) in [6.45, 7) is 6.09. The standard InChI is InChI=1S/C14H23FN2O2S2/c1-10-6-12(7-11(8-16-4)13(10)15)21(18,19)17-9-14(2,3)20-5/h6-7,16-17H,8-9H2,1-5H3. The highest BCUT2D eigenvalue weighted by atomic mass is 32.2. The number of hydrogen-bond donors (Lipinski definition) is 2. The van der Waals surface area contributed by atoms with Crippen molar-refractivity contribution in [3.63, 3.8) is 0 Å². The van der Waals surface area contributed by atoms with Gasteiger partial charge in [-0.25, -0.2) is 17.5 Å². The molecule has 0 amide bonds. The molecule has 0 radical (unpaired) electrons. The summed E-state index contributed by atoms with van der Waals surface area (Å²) in [6, 6.07) is 2.75. The van der Waals surface area contributed by atoms with Crippen LogP contribution in [0.5, 0.6) is 0 Å². The molecule has 0 fully saturated rings. The Morgan fingerprint density at radius 2 is 1.95 bits per heavy atom. The molecule has 21 heavy (non-hydrogen) atoms. The van der Waals surface area contributed by atoms with Crippen LogP contribution in [0.25, 0.3) is 0 Å². The van der Waals surface area contributed by atoms with Crippen LogP contribution in [0.3, 0.4) is 0 Å². The van der Waals surface area contributed by atoms with Gasteiger partial charge >= 0.3 is 0 Å². The van der Waals surface area contributed by atoms with Crippen molar-refractivity contribution in [1.82, 2.24) is 10.0 Å². The fraction of sp³-hybridized carbons (Fsp3) is 0.571. The van der Waals surface area contributed by atoms with E-state index < -0.39 is 10.0 Å². The van der Waals surface area contributed by atoms with E-state index in [1.54, 1.807) is 25.7 Å². The van der Waals surface area contributed by atoms with Crippen molar-refractivity contribution in [3.05, 3.63) is 29.1 Å². The zero-order chi connectivity index (χ0) is 16.3. The first-order chi connectivity index (χ1) is 9.63. The van der Waals surface area contributed by atoms with Gasteiger partial charge in [0.05, 0.1) is 4.90 Å². The average molecular weight is 334 g/mol. The number of nitrogens with one attached hydrogen (secondary N) is 2. The van der Waals surface area contributed by atoms with Crippen LogP contribution in [-0.4, -0.2) is 33.0 Å². The molecule has 0 saturated carbocycles. The highest BCUT2D eigenvalue weighted by molar-refractivity contribution is 8.00. The Morgan fingerprint density at radius 3 is 2.48 bits per heavy atom. The smallest absolute Gasteiger partial charge is 0.240 e. The van der Waals surface area contributed by atoms with Gasteiger partial charge in [-0.1, -0.05) is 0 Å². The zero-order valence-corrected chi connectivity index (χ0v) is 14.7. The molecule has 7 heteroatoms. The molecule has 4 nitrogen and oxygen atoms in total. The molecular weight excluding hydrogens is 311 g/mol. The van der Waals surface area contributed by atoms with Gasteiger partial charge < -0.3 is 5.32 Å². The van der Waals surface area contributed by atoms with Crippen molar-refractivity contribution in [2.45, 2.75) is 37.0 Å². The number of thioether (sulfide) groups is 1. The summed E-state index contributed by atoms with van der Waals surface area (Å²) < 4.78 is 41.0. The van der Waals surface area contributed by atoms with Gasteiger partial charge in [0.1, 0.15) is 5.82 Å². The summed E-state index contributed by atoms with van der Waals surface area (Å²) >= 11 is 1.58. The van der Waals surface area contributed by atoms with E-state index in [4.69, 9.17) is 0 Å².